The van der Waals surface area contributed by atoms with Gasteiger partial charge >= 0.3 is 35.1 Å². The van der Waals surface area contributed by atoms with Crippen LogP contribution in [0.5, 0.6) is 0 Å². The predicted molar refractivity (Wildman–Crippen MR) is 86.8 cm³/mol. The first kappa shape index (κ1) is 33.1. The van der Waals surface area contributed by atoms with Gasteiger partial charge in [0.2, 0.25) is 0 Å². The Labute approximate surface area is 188 Å². The molecule has 35 heavy (non-hydrogen) atoms. The second-order valence-corrected chi connectivity index (χ2v) is 8.14. The number of halogens is 14. The maximum Gasteiger partial charge on any atom is 0.402 e. The van der Waals surface area contributed by atoms with Crippen LogP contribution in [0.25, 0.3) is 0 Å². The number of aromatic amines is 1. The Balaban J connectivity index is 0.00000166. The third-order valence-electron chi connectivity index (χ3n) is 4.06. The van der Waals surface area contributed by atoms with Crippen molar-refractivity contribution in [3.05, 3.63) is 30.6 Å². The maximum absolute atomic E-state index is 13.3. The highest BCUT2D eigenvalue weighted by atomic mass is 32.2. The van der Waals surface area contributed by atoms with Crippen LogP contribution < -0.4 is 4.98 Å². The largest absolute Gasteiger partial charge is 0.743 e. The molecule has 0 aliphatic rings. The van der Waals surface area contributed by atoms with Gasteiger partial charge in [0.1, 0.15) is 0 Å². The molecule has 1 unspecified atom stereocenters. The molecule has 1 rings (SSSR count). The highest BCUT2D eigenvalue weighted by Crippen LogP contribution is 2.59. The summed E-state index contributed by atoms with van der Waals surface area (Å²) >= 11 is 0. The van der Waals surface area contributed by atoms with Gasteiger partial charge in [0.25, 0.3) is 0 Å². The first-order chi connectivity index (χ1) is 15.4. The van der Waals surface area contributed by atoms with Gasteiger partial charge in [-0.05, 0) is 19.3 Å². The lowest BCUT2D eigenvalue weighted by atomic mass is 9.93. The fraction of sp³-hybridized carbons (Fsp3) is 0.688. The van der Waals surface area contributed by atoms with Crippen LogP contribution in [0.3, 0.4) is 0 Å². The topological polar surface area (TPSA) is 71.3 Å². The molecule has 0 fully saturated rings. The zero-order chi connectivity index (χ0) is 28.1. The van der Waals surface area contributed by atoms with Crippen molar-refractivity contribution in [1.82, 2.24) is 0 Å². The van der Waals surface area contributed by atoms with Gasteiger partial charge in [-0.15, -0.1) is 0 Å². The highest BCUT2D eigenvalue weighted by molar-refractivity contribution is 7.86. The number of hydrogen-bond acceptors (Lipinski definition) is 3. The van der Waals surface area contributed by atoms with E-state index in [-0.39, 0.29) is 0 Å². The molecular weight excluding hydrogens is 552 g/mol. The van der Waals surface area contributed by atoms with Crippen molar-refractivity contribution < 1.29 is 79.4 Å². The number of nitrogens with one attached hydrogen (secondary N) is 1. The summed E-state index contributed by atoms with van der Waals surface area (Å²) in [5.74, 6) is -30.5. The molecule has 0 saturated carbocycles. The summed E-state index contributed by atoms with van der Waals surface area (Å²) < 4.78 is 210. The van der Waals surface area contributed by atoms with Gasteiger partial charge in [-0.2, -0.15) is 57.1 Å². The van der Waals surface area contributed by atoms with E-state index in [9.17, 15) is 74.4 Å². The van der Waals surface area contributed by atoms with Crippen LogP contribution in [0.4, 0.5) is 61.5 Å². The van der Waals surface area contributed by atoms with Gasteiger partial charge in [-0.25, -0.2) is 17.8 Å². The van der Waals surface area contributed by atoms with Crippen LogP contribution >= 0.6 is 0 Å². The van der Waals surface area contributed by atoms with Gasteiger partial charge in [-0.1, -0.05) is 6.07 Å². The second-order valence-electron chi connectivity index (χ2n) is 6.72. The SMILES string of the molecule is O=S(=O)([O-])C(F)(F)C(F)(F)C(F)(F)C(F)(F)C(F)(F)C(F)CCCCC(F)(F)F.c1cc[nH+]cc1. The average Bonchev–Trinajstić information content (AvgIpc) is 2.70. The van der Waals surface area contributed by atoms with E-state index in [1.807, 2.05) is 30.6 Å². The minimum atomic E-state index is -7.99. The monoisotopic (exact) mass is 567 g/mol. The molecule has 0 bridgehead atoms. The first-order valence-electron chi connectivity index (χ1n) is 8.84. The molecule has 19 heteroatoms. The van der Waals surface area contributed by atoms with E-state index in [1.54, 1.807) is 0 Å². The average molecular weight is 567 g/mol. The molecule has 0 aliphatic carbocycles. The van der Waals surface area contributed by atoms with Crippen molar-refractivity contribution in [2.24, 2.45) is 0 Å². The molecule has 1 aromatic rings. The molecular formula is C16H15F14NO3S. The number of hydrogen-bond donors (Lipinski definition) is 0. The summed E-state index contributed by atoms with van der Waals surface area (Å²) in [6.07, 6.45) is -11.8. The van der Waals surface area contributed by atoms with Crippen molar-refractivity contribution in [2.75, 3.05) is 0 Å². The predicted octanol–water partition coefficient (Wildman–Crippen LogP) is 5.63. The Morgan fingerprint density at radius 1 is 0.714 bits per heavy atom. The summed E-state index contributed by atoms with van der Waals surface area (Å²) in [7, 11) is -7.79. The van der Waals surface area contributed by atoms with E-state index >= 15 is 0 Å². The van der Waals surface area contributed by atoms with Gasteiger partial charge in [0, 0.05) is 18.6 Å². The number of alkyl halides is 14. The summed E-state index contributed by atoms with van der Waals surface area (Å²) in [4.78, 5) is 2.89. The van der Waals surface area contributed by atoms with Crippen molar-refractivity contribution >= 4 is 10.1 Å². The van der Waals surface area contributed by atoms with Crippen LogP contribution in [0.1, 0.15) is 25.7 Å². The van der Waals surface area contributed by atoms with Gasteiger partial charge in [0.05, 0.1) is 0 Å². The standard InChI is InChI=1S/C11H10F14O3S.C5H5N/c12-5(3-1-2-4-6(13,14)15)7(16,17)8(18,19)9(20,21)10(22,23)11(24,25)29(26,27)28;1-2-4-6-5-3-1/h5H,1-4H2,(H,26,27,28);1-5H. The van der Waals surface area contributed by atoms with E-state index < -0.39 is 77.1 Å². The summed E-state index contributed by atoms with van der Waals surface area (Å²) in [6.45, 7) is 0. The number of pyridine rings is 1. The highest BCUT2D eigenvalue weighted by Gasteiger charge is 2.88. The van der Waals surface area contributed by atoms with Crippen LogP contribution in [0, 0.1) is 0 Å². The van der Waals surface area contributed by atoms with Gasteiger partial charge < -0.3 is 4.55 Å². The molecule has 206 valence electrons. The molecule has 0 amide bonds. The molecule has 0 saturated heterocycles. The van der Waals surface area contributed by atoms with E-state index in [4.69, 9.17) is 0 Å². The Hall–Kier alpha value is -1.92. The normalized spacial score (nSPS) is 15.3. The quantitative estimate of drug-likeness (QED) is 0.209. The Morgan fingerprint density at radius 2 is 1.17 bits per heavy atom. The van der Waals surface area contributed by atoms with E-state index in [0.717, 1.165) is 0 Å². The molecule has 1 N–H and O–H groups in total. The van der Waals surface area contributed by atoms with E-state index in [0.29, 0.717) is 0 Å². The second kappa shape index (κ2) is 11.0. The van der Waals surface area contributed by atoms with Crippen LogP contribution in [0.15, 0.2) is 30.6 Å². The smallest absolute Gasteiger partial charge is 0.402 e. The zero-order valence-corrected chi connectivity index (χ0v) is 17.5. The maximum atomic E-state index is 13.3. The molecule has 1 atom stereocenters. The molecule has 1 aromatic heterocycles. The lowest BCUT2D eigenvalue weighted by Gasteiger charge is -2.40. The molecule has 4 nitrogen and oxygen atoms in total. The van der Waals surface area contributed by atoms with E-state index in [1.165, 1.54) is 0 Å². The lowest BCUT2D eigenvalue weighted by molar-refractivity contribution is -0.397. The van der Waals surface area contributed by atoms with Crippen molar-refractivity contribution in [3.8, 4) is 0 Å². The number of unbranched alkanes of at least 4 members (excludes halogenated alkanes) is 1. The number of aromatic nitrogens is 1. The van der Waals surface area contributed by atoms with Crippen molar-refractivity contribution in [2.45, 2.75) is 67.0 Å². The fourth-order valence-corrected chi connectivity index (χ4v) is 2.56. The summed E-state index contributed by atoms with van der Waals surface area (Å²) in [6, 6.07) is 5.86. The molecule has 1 heterocycles. The number of H-pyrrole nitrogens is 1. The van der Waals surface area contributed by atoms with E-state index in [2.05, 4.69) is 4.98 Å². The molecule has 0 aliphatic heterocycles. The molecule has 0 radical (unpaired) electrons. The Morgan fingerprint density at radius 3 is 1.49 bits per heavy atom. The fourth-order valence-electron chi connectivity index (χ4n) is 2.12. The van der Waals surface area contributed by atoms with Crippen LogP contribution in [0.2, 0.25) is 0 Å². The Bertz CT molecular complexity index is 864. The van der Waals surface area contributed by atoms with Crippen LogP contribution in [-0.2, 0) is 10.1 Å². The molecule has 0 aromatic carbocycles. The van der Waals surface area contributed by atoms with Crippen molar-refractivity contribution in [3.63, 3.8) is 0 Å². The van der Waals surface area contributed by atoms with Gasteiger partial charge in [-0.3, -0.25) is 0 Å². The van der Waals surface area contributed by atoms with Gasteiger partial charge in [0.15, 0.2) is 28.7 Å². The Kier molecular flexibility index (Phi) is 10.4. The third-order valence-corrected chi connectivity index (χ3v) is 4.94. The zero-order valence-electron chi connectivity index (χ0n) is 16.7. The third kappa shape index (κ3) is 7.29. The minimum absolute atomic E-state index is 1.16. The minimum Gasteiger partial charge on any atom is -0.743 e. The van der Waals surface area contributed by atoms with Crippen molar-refractivity contribution in [1.29, 1.82) is 0 Å². The molecule has 0 spiro atoms. The first-order valence-corrected chi connectivity index (χ1v) is 10.2. The lowest BCUT2D eigenvalue weighted by Crippen LogP contribution is -2.70. The van der Waals surface area contributed by atoms with Crippen LogP contribution in [-0.4, -0.2) is 54.3 Å². The summed E-state index contributed by atoms with van der Waals surface area (Å²) in [5.41, 5.74) is 0. The number of rotatable bonds is 10. The summed E-state index contributed by atoms with van der Waals surface area (Å²) in [5, 5.41) is -7.51.